The van der Waals surface area contributed by atoms with Crippen LogP contribution in [0.25, 0.3) is 11.1 Å². The molecule has 1 unspecified atom stereocenters. The average Bonchev–Trinajstić information content (AvgIpc) is 2.31. The van der Waals surface area contributed by atoms with Crippen LogP contribution in [0, 0.1) is 13.8 Å². The lowest BCUT2D eigenvalue weighted by atomic mass is 9.99. The van der Waals surface area contributed by atoms with E-state index in [9.17, 15) is 4.57 Å². The van der Waals surface area contributed by atoms with Crippen molar-refractivity contribution in [2.45, 2.75) is 13.8 Å². The molecule has 3 heteroatoms. The lowest BCUT2D eigenvalue weighted by Gasteiger charge is -2.22. The molecule has 0 fully saturated rings. The molecule has 0 amide bonds. The van der Waals surface area contributed by atoms with Gasteiger partial charge in [-0.3, -0.25) is 4.57 Å². The molecule has 1 heterocycles. The van der Waals surface area contributed by atoms with E-state index < -0.39 is 8.03 Å². The van der Waals surface area contributed by atoms with Crippen LogP contribution in [0.5, 0.6) is 5.75 Å². The first-order chi connectivity index (χ1) is 8.16. The Balaban J connectivity index is 2.37. The molecule has 2 aromatic carbocycles. The molecule has 0 N–H and O–H groups in total. The Morgan fingerprint density at radius 3 is 2.65 bits per heavy atom. The van der Waals surface area contributed by atoms with Gasteiger partial charge in [-0.15, -0.1) is 0 Å². The largest absolute Gasteiger partial charge is 0.441 e. The van der Waals surface area contributed by atoms with Gasteiger partial charge in [0.25, 0.3) is 8.03 Å². The average molecular weight is 244 g/mol. The van der Waals surface area contributed by atoms with Crippen LogP contribution >= 0.6 is 8.03 Å². The van der Waals surface area contributed by atoms with E-state index in [0.717, 1.165) is 27.7 Å². The monoisotopic (exact) mass is 244 g/mol. The van der Waals surface area contributed by atoms with E-state index in [4.69, 9.17) is 4.52 Å². The Kier molecular flexibility index (Phi) is 2.34. The molecule has 1 aliphatic rings. The molecular weight excluding hydrogens is 231 g/mol. The van der Waals surface area contributed by atoms with Crippen molar-refractivity contribution in [2.24, 2.45) is 0 Å². The number of aryl methyl sites for hydroxylation is 2. The molecule has 0 aliphatic carbocycles. The second-order valence-corrected chi connectivity index (χ2v) is 5.71. The topological polar surface area (TPSA) is 26.3 Å². The molecule has 2 nitrogen and oxygen atoms in total. The van der Waals surface area contributed by atoms with Crippen LogP contribution in [0.15, 0.2) is 36.4 Å². The van der Waals surface area contributed by atoms with Gasteiger partial charge in [-0.2, -0.15) is 0 Å². The van der Waals surface area contributed by atoms with Crippen molar-refractivity contribution in [1.29, 1.82) is 0 Å². The SMILES string of the molecule is Cc1cc(C)c2c(c1)-c1ccccc1[PH](=O)O2. The fourth-order valence-electron chi connectivity index (χ4n) is 2.33. The Labute approximate surface area is 101 Å². The second kappa shape index (κ2) is 3.75. The Morgan fingerprint density at radius 2 is 1.82 bits per heavy atom. The van der Waals surface area contributed by atoms with Crippen LogP contribution in [0.2, 0.25) is 0 Å². The van der Waals surface area contributed by atoms with Gasteiger partial charge in [-0.25, -0.2) is 0 Å². The summed E-state index contributed by atoms with van der Waals surface area (Å²) in [5.74, 6) is 0.776. The molecule has 2 aromatic rings. The highest BCUT2D eigenvalue weighted by atomic mass is 31.1. The molecule has 0 saturated carbocycles. The number of benzene rings is 2. The van der Waals surface area contributed by atoms with Crippen molar-refractivity contribution in [1.82, 2.24) is 0 Å². The van der Waals surface area contributed by atoms with Gasteiger partial charge in [0.15, 0.2) is 0 Å². The molecule has 17 heavy (non-hydrogen) atoms. The van der Waals surface area contributed by atoms with Gasteiger partial charge in [0.1, 0.15) is 5.75 Å². The summed E-state index contributed by atoms with van der Waals surface area (Å²) in [7, 11) is -2.15. The zero-order valence-corrected chi connectivity index (χ0v) is 10.8. The van der Waals surface area contributed by atoms with Crippen molar-refractivity contribution in [3.05, 3.63) is 47.5 Å². The van der Waals surface area contributed by atoms with Crippen molar-refractivity contribution >= 4 is 13.3 Å². The van der Waals surface area contributed by atoms with E-state index in [1.165, 1.54) is 5.56 Å². The minimum Gasteiger partial charge on any atom is -0.441 e. The molecule has 0 aromatic heterocycles. The smallest absolute Gasteiger partial charge is 0.266 e. The summed E-state index contributed by atoms with van der Waals surface area (Å²) in [6.45, 7) is 4.06. The highest BCUT2D eigenvalue weighted by molar-refractivity contribution is 7.49. The van der Waals surface area contributed by atoms with E-state index in [1.807, 2.05) is 31.2 Å². The van der Waals surface area contributed by atoms with Gasteiger partial charge in [0.2, 0.25) is 0 Å². The van der Waals surface area contributed by atoms with Crippen molar-refractivity contribution in [3.8, 4) is 16.9 Å². The first-order valence-corrected chi connectivity index (χ1v) is 6.91. The predicted octanol–water partition coefficient (Wildman–Crippen LogP) is 3.46. The zero-order valence-electron chi connectivity index (χ0n) is 9.78. The maximum absolute atomic E-state index is 12.0. The van der Waals surface area contributed by atoms with E-state index in [1.54, 1.807) is 0 Å². The summed E-state index contributed by atoms with van der Waals surface area (Å²) in [6, 6.07) is 11.9. The normalized spacial score (nSPS) is 16.9. The summed E-state index contributed by atoms with van der Waals surface area (Å²) in [6.07, 6.45) is 0. The third-order valence-electron chi connectivity index (χ3n) is 3.05. The second-order valence-electron chi connectivity index (χ2n) is 4.39. The van der Waals surface area contributed by atoms with E-state index in [2.05, 4.69) is 19.1 Å². The molecule has 0 radical (unpaired) electrons. The van der Waals surface area contributed by atoms with Gasteiger partial charge in [-0.1, -0.05) is 24.3 Å². The number of hydrogen-bond donors (Lipinski definition) is 0. The van der Waals surface area contributed by atoms with E-state index >= 15 is 0 Å². The first kappa shape index (κ1) is 10.6. The lowest BCUT2D eigenvalue weighted by Crippen LogP contribution is -2.10. The van der Waals surface area contributed by atoms with Crippen LogP contribution in [0.4, 0.5) is 0 Å². The van der Waals surface area contributed by atoms with Crippen LogP contribution in [0.1, 0.15) is 11.1 Å². The molecule has 1 atom stereocenters. The summed E-state index contributed by atoms with van der Waals surface area (Å²) in [4.78, 5) is 0. The molecule has 0 spiro atoms. The fourth-order valence-corrected chi connectivity index (χ4v) is 3.57. The Morgan fingerprint density at radius 1 is 1.06 bits per heavy atom. The highest BCUT2D eigenvalue weighted by Crippen LogP contribution is 2.44. The van der Waals surface area contributed by atoms with Gasteiger partial charge in [-0.05, 0) is 42.7 Å². The van der Waals surface area contributed by atoms with E-state index in [-0.39, 0.29) is 0 Å². The molecule has 0 saturated heterocycles. The van der Waals surface area contributed by atoms with Crippen LogP contribution < -0.4 is 9.83 Å². The minimum atomic E-state index is -2.15. The number of fused-ring (bicyclic) bond motifs is 3. The van der Waals surface area contributed by atoms with Crippen LogP contribution in [-0.4, -0.2) is 0 Å². The maximum Gasteiger partial charge on any atom is 0.266 e. The maximum atomic E-state index is 12.0. The van der Waals surface area contributed by atoms with Crippen molar-refractivity contribution < 1.29 is 9.09 Å². The van der Waals surface area contributed by atoms with E-state index in [0.29, 0.717) is 0 Å². The van der Waals surface area contributed by atoms with Gasteiger partial charge >= 0.3 is 0 Å². The Hall–Kier alpha value is -1.53. The van der Waals surface area contributed by atoms with Gasteiger partial charge in [0.05, 0.1) is 5.30 Å². The lowest BCUT2D eigenvalue weighted by molar-refractivity contribution is 0.511. The van der Waals surface area contributed by atoms with Crippen LogP contribution in [0.3, 0.4) is 0 Å². The summed E-state index contributed by atoms with van der Waals surface area (Å²) >= 11 is 0. The number of hydrogen-bond acceptors (Lipinski definition) is 2. The molecular formula is C14H13O2P. The first-order valence-electron chi connectivity index (χ1n) is 5.59. The number of rotatable bonds is 0. The summed E-state index contributed by atoms with van der Waals surface area (Å²) < 4.78 is 17.6. The highest BCUT2D eigenvalue weighted by Gasteiger charge is 2.23. The fraction of sp³-hybridized carbons (Fsp3) is 0.143. The predicted molar refractivity (Wildman–Crippen MR) is 70.6 cm³/mol. The molecule has 1 aliphatic heterocycles. The third-order valence-corrected chi connectivity index (χ3v) is 4.32. The third kappa shape index (κ3) is 1.60. The summed E-state index contributed by atoms with van der Waals surface area (Å²) in [5.41, 5.74) is 4.35. The Bertz CT molecular complexity index is 632. The van der Waals surface area contributed by atoms with Gasteiger partial charge in [0, 0.05) is 5.56 Å². The minimum absolute atomic E-state index is 0.776. The molecule has 3 rings (SSSR count). The van der Waals surface area contributed by atoms with Gasteiger partial charge < -0.3 is 4.52 Å². The van der Waals surface area contributed by atoms with Crippen molar-refractivity contribution in [2.75, 3.05) is 0 Å². The molecule has 86 valence electrons. The van der Waals surface area contributed by atoms with Crippen molar-refractivity contribution in [3.63, 3.8) is 0 Å². The van der Waals surface area contributed by atoms with Crippen LogP contribution in [-0.2, 0) is 4.57 Å². The summed E-state index contributed by atoms with van der Waals surface area (Å²) in [5, 5.41) is 0.829. The quantitative estimate of drug-likeness (QED) is 0.663. The molecule has 0 bridgehead atoms. The zero-order chi connectivity index (χ0) is 12.0. The standard InChI is InChI=1S/C14H13O2P/c1-9-7-10(2)14-12(8-9)11-5-3-4-6-13(11)17(15)16-14/h3-8,17H,1-2H3.